The Morgan fingerprint density at radius 2 is 1.81 bits per heavy atom. The van der Waals surface area contributed by atoms with Crippen molar-refractivity contribution in [1.29, 1.82) is 0 Å². The molecule has 0 bridgehead atoms. The number of carbonyl (C=O) groups excluding carboxylic acids is 1. The number of aromatic nitrogens is 1. The van der Waals surface area contributed by atoms with E-state index in [4.69, 9.17) is 0 Å². The third kappa shape index (κ3) is 5.14. The average Bonchev–Trinajstić information content (AvgIpc) is 2.66. The van der Waals surface area contributed by atoms with E-state index in [1.165, 1.54) is 12.1 Å². The van der Waals surface area contributed by atoms with Crippen LogP contribution in [0.15, 0.2) is 60.8 Å². The van der Waals surface area contributed by atoms with E-state index in [-0.39, 0.29) is 11.7 Å². The number of pyridine rings is 1. The largest absolute Gasteiger partial charge is 0.370 e. The lowest BCUT2D eigenvalue weighted by atomic mass is 10.1. The predicted octanol–water partition coefficient (Wildman–Crippen LogP) is 4.74. The van der Waals surface area contributed by atoms with Gasteiger partial charge in [0.15, 0.2) is 0 Å². The fourth-order valence-electron chi connectivity index (χ4n) is 2.77. The lowest BCUT2D eigenvalue weighted by molar-refractivity contribution is 0.102. The van der Waals surface area contributed by atoms with Gasteiger partial charge in [0.25, 0.3) is 5.91 Å². The van der Waals surface area contributed by atoms with Gasteiger partial charge in [-0.25, -0.2) is 9.37 Å². The van der Waals surface area contributed by atoms with Crippen LogP contribution in [0.25, 0.3) is 0 Å². The molecule has 138 valence electrons. The summed E-state index contributed by atoms with van der Waals surface area (Å²) < 4.78 is 12.9. The van der Waals surface area contributed by atoms with Crippen LogP contribution in [0.1, 0.15) is 27.0 Å². The van der Waals surface area contributed by atoms with E-state index in [0.29, 0.717) is 17.9 Å². The van der Waals surface area contributed by atoms with E-state index >= 15 is 0 Å². The molecule has 0 aliphatic heterocycles. The fourth-order valence-corrected chi connectivity index (χ4v) is 2.77. The Hall–Kier alpha value is -3.21. The number of hydrogen-bond acceptors (Lipinski definition) is 3. The summed E-state index contributed by atoms with van der Waals surface area (Å²) in [6.45, 7) is 4.66. The average molecular weight is 363 g/mol. The van der Waals surface area contributed by atoms with Crippen LogP contribution in [-0.2, 0) is 6.42 Å². The van der Waals surface area contributed by atoms with Gasteiger partial charge in [-0.05, 0) is 61.7 Å². The molecule has 4 nitrogen and oxygen atoms in total. The highest BCUT2D eigenvalue weighted by Gasteiger charge is 2.08. The summed E-state index contributed by atoms with van der Waals surface area (Å²) in [6, 6.07) is 15.9. The number of amides is 1. The van der Waals surface area contributed by atoms with Crippen LogP contribution in [0.2, 0.25) is 0 Å². The highest BCUT2D eigenvalue weighted by molar-refractivity contribution is 6.04. The van der Waals surface area contributed by atoms with Crippen molar-refractivity contribution in [3.8, 4) is 0 Å². The van der Waals surface area contributed by atoms with E-state index < -0.39 is 0 Å². The van der Waals surface area contributed by atoms with Crippen molar-refractivity contribution >= 4 is 17.4 Å². The highest BCUT2D eigenvalue weighted by atomic mass is 19.1. The first kappa shape index (κ1) is 18.6. The van der Waals surface area contributed by atoms with E-state index in [1.54, 1.807) is 30.5 Å². The zero-order chi connectivity index (χ0) is 19.2. The van der Waals surface area contributed by atoms with Gasteiger partial charge in [0.05, 0.1) is 5.56 Å². The number of nitrogens with zero attached hydrogens (tertiary/aromatic N) is 1. The summed E-state index contributed by atoms with van der Waals surface area (Å²) >= 11 is 0. The zero-order valence-corrected chi connectivity index (χ0v) is 15.4. The quantitative estimate of drug-likeness (QED) is 0.665. The second kappa shape index (κ2) is 8.45. The first-order valence-corrected chi connectivity index (χ1v) is 8.84. The molecule has 1 amide bonds. The van der Waals surface area contributed by atoms with Crippen LogP contribution < -0.4 is 10.6 Å². The van der Waals surface area contributed by atoms with Gasteiger partial charge in [-0.2, -0.15) is 0 Å². The molecule has 0 unspecified atom stereocenters. The van der Waals surface area contributed by atoms with Gasteiger partial charge in [-0.3, -0.25) is 4.79 Å². The topological polar surface area (TPSA) is 54.0 Å². The maximum Gasteiger partial charge on any atom is 0.257 e. The molecule has 0 aliphatic rings. The van der Waals surface area contributed by atoms with E-state index in [9.17, 15) is 9.18 Å². The number of halogens is 1. The Morgan fingerprint density at radius 1 is 1.04 bits per heavy atom. The van der Waals surface area contributed by atoms with E-state index in [0.717, 1.165) is 28.8 Å². The molecule has 0 saturated carbocycles. The summed E-state index contributed by atoms with van der Waals surface area (Å²) in [5.74, 6) is 0.274. The maximum atomic E-state index is 12.9. The lowest BCUT2D eigenvalue weighted by Crippen LogP contribution is -2.13. The third-order valence-corrected chi connectivity index (χ3v) is 4.29. The van der Waals surface area contributed by atoms with Gasteiger partial charge in [-0.15, -0.1) is 0 Å². The van der Waals surface area contributed by atoms with Crippen LogP contribution in [0.3, 0.4) is 0 Å². The van der Waals surface area contributed by atoms with Gasteiger partial charge >= 0.3 is 0 Å². The van der Waals surface area contributed by atoms with Crippen LogP contribution in [-0.4, -0.2) is 17.4 Å². The lowest BCUT2D eigenvalue weighted by Gasteiger charge is -2.10. The van der Waals surface area contributed by atoms with Crippen molar-refractivity contribution in [2.45, 2.75) is 20.3 Å². The summed E-state index contributed by atoms with van der Waals surface area (Å²) in [5, 5.41) is 6.11. The molecule has 0 fully saturated rings. The monoisotopic (exact) mass is 363 g/mol. The second-order valence-electron chi connectivity index (χ2n) is 6.51. The van der Waals surface area contributed by atoms with Crippen molar-refractivity contribution in [3.63, 3.8) is 0 Å². The normalized spacial score (nSPS) is 10.5. The Balaban J connectivity index is 1.54. The van der Waals surface area contributed by atoms with Crippen molar-refractivity contribution in [2.75, 3.05) is 17.2 Å². The molecule has 2 N–H and O–H groups in total. The molecular weight excluding hydrogens is 341 g/mol. The predicted molar refractivity (Wildman–Crippen MR) is 107 cm³/mol. The van der Waals surface area contributed by atoms with Crippen LogP contribution in [0, 0.1) is 19.7 Å². The molecule has 2 aromatic carbocycles. The highest BCUT2D eigenvalue weighted by Crippen LogP contribution is 2.17. The molecular formula is C22H22FN3O. The molecule has 27 heavy (non-hydrogen) atoms. The zero-order valence-electron chi connectivity index (χ0n) is 15.4. The number of aryl methyl sites for hydroxylation is 2. The molecule has 0 spiro atoms. The first-order chi connectivity index (χ1) is 13.0. The second-order valence-corrected chi connectivity index (χ2v) is 6.51. The molecule has 1 aromatic heterocycles. The summed E-state index contributed by atoms with van der Waals surface area (Å²) in [5.41, 5.74) is 4.53. The number of carbonyl (C=O) groups is 1. The minimum Gasteiger partial charge on any atom is -0.370 e. The summed E-state index contributed by atoms with van der Waals surface area (Å²) in [7, 11) is 0. The van der Waals surface area contributed by atoms with Crippen molar-refractivity contribution in [2.24, 2.45) is 0 Å². The Kier molecular flexibility index (Phi) is 5.81. The van der Waals surface area contributed by atoms with Crippen molar-refractivity contribution in [1.82, 2.24) is 4.98 Å². The Labute approximate surface area is 158 Å². The molecule has 0 aliphatic carbocycles. The number of rotatable bonds is 6. The van der Waals surface area contributed by atoms with Crippen LogP contribution in [0.4, 0.5) is 15.9 Å². The molecule has 1 heterocycles. The minimum atomic E-state index is -0.233. The maximum absolute atomic E-state index is 12.9. The molecule has 5 heteroatoms. The van der Waals surface area contributed by atoms with Crippen molar-refractivity contribution < 1.29 is 9.18 Å². The van der Waals surface area contributed by atoms with Gasteiger partial charge in [0.2, 0.25) is 0 Å². The van der Waals surface area contributed by atoms with Gasteiger partial charge in [0.1, 0.15) is 11.6 Å². The Bertz CT molecular complexity index is 921. The summed E-state index contributed by atoms with van der Waals surface area (Å²) in [6.07, 6.45) is 2.32. The number of hydrogen-bond donors (Lipinski definition) is 2. The molecule has 3 rings (SSSR count). The standard InChI is InChI=1S/C22H22FN3O/c1-15-3-9-20(16(2)13-15)26-22(27)18-6-10-21(25-14-18)24-12-11-17-4-7-19(23)8-5-17/h3-10,13-14H,11-12H2,1-2H3,(H,24,25)(H,26,27). The summed E-state index contributed by atoms with van der Waals surface area (Å²) in [4.78, 5) is 16.7. The number of anilines is 2. The van der Waals surface area contributed by atoms with E-state index in [2.05, 4.69) is 15.6 Å². The van der Waals surface area contributed by atoms with Gasteiger partial charge in [-0.1, -0.05) is 29.8 Å². The van der Waals surface area contributed by atoms with Gasteiger partial charge < -0.3 is 10.6 Å². The number of benzene rings is 2. The first-order valence-electron chi connectivity index (χ1n) is 8.84. The smallest absolute Gasteiger partial charge is 0.257 e. The third-order valence-electron chi connectivity index (χ3n) is 4.29. The van der Waals surface area contributed by atoms with Crippen LogP contribution >= 0.6 is 0 Å². The fraction of sp³-hybridized carbons (Fsp3) is 0.182. The SMILES string of the molecule is Cc1ccc(NC(=O)c2ccc(NCCc3ccc(F)cc3)nc2)c(C)c1. The molecule has 3 aromatic rings. The minimum absolute atomic E-state index is 0.188. The molecule has 0 atom stereocenters. The Morgan fingerprint density at radius 3 is 2.48 bits per heavy atom. The van der Waals surface area contributed by atoms with Gasteiger partial charge in [0, 0.05) is 18.4 Å². The van der Waals surface area contributed by atoms with Crippen molar-refractivity contribution in [3.05, 3.63) is 88.9 Å². The van der Waals surface area contributed by atoms with E-state index in [1.807, 2.05) is 32.0 Å². The molecule has 0 radical (unpaired) electrons. The number of nitrogens with one attached hydrogen (secondary N) is 2. The van der Waals surface area contributed by atoms with Crippen LogP contribution in [0.5, 0.6) is 0 Å². The molecule has 0 saturated heterocycles.